The zero-order valence-corrected chi connectivity index (χ0v) is 19.5. The van der Waals surface area contributed by atoms with Gasteiger partial charge in [0.1, 0.15) is 12.4 Å². The number of carbonyl (C=O) groups is 2. The maximum absolute atomic E-state index is 14.1. The van der Waals surface area contributed by atoms with Gasteiger partial charge in [-0.2, -0.15) is 0 Å². The summed E-state index contributed by atoms with van der Waals surface area (Å²) in [5, 5.41) is 0.345. The Morgan fingerprint density at radius 3 is 2.48 bits per heavy atom. The van der Waals surface area contributed by atoms with Crippen molar-refractivity contribution in [3.05, 3.63) is 92.6 Å². The number of benzene rings is 3. The van der Waals surface area contributed by atoms with Crippen molar-refractivity contribution in [1.82, 2.24) is 0 Å². The van der Waals surface area contributed by atoms with E-state index in [1.54, 1.807) is 54.6 Å². The van der Waals surface area contributed by atoms with Crippen molar-refractivity contribution in [2.45, 2.75) is 6.61 Å². The van der Waals surface area contributed by atoms with Crippen LogP contribution in [-0.4, -0.2) is 18.3 Å². The molecular weight excluding hydrogens is 488 g/mol. The number of anilines is 1. The minimum Gasteiger partial charge on any atom is -0.493 e. The van der Waals surface area contributed by atoms with Crippen LogP contribution in [-0.2, 0) is 11.4 Å². The van der Waals surface area contributed by atoms with E-state index in [1.807, 2.05) is 0 Å². The average Bonchev–Trinajstić information content (AvgIpc) is 3.07. The molecule has 4 rings (SSSR count). The fourth-order valence-corrected chi connectivity index (χ4v) is 4.33. The van der Waals surface area contributed by atoms with E-state index in [-0.39, 0.29) is 22.1 Å². The van der Waals surface area contributed by atoms with E-state index in [0.717, 1.165) is 16.7 Å². The second kappa shape index (κ2) is 9.87. The highest BCUT2D eigenvalue weighted by atomic mass is 35.5. The largest absolute Gasteiger partial charge is 0.493 e. The van der Waals surface area contributed by atoms with Crippen LogP contribution in [0, 0.1) is 5.82 Å². The number of hydrogen-bond acceptors (Lipinski definition) is 5. The Balaban J connectivity index is 1.59. The Bertz CT molecular complexity index is 1240. The van der Waals surface area contributed by atoms with Gasteiger partial charge in [0.15, 0.2) is 11.5 Å². The zero-order chi connectivity index (χ0) is 23.5. The van der Waals surface area contributed by atoms with Crippen molar-refractivity contribution in [3.8, 4) is 11.5 Å². The van der Waals surface area contributed by atoms with Gasteiger partial charge in [-0.1, -0.05) is 35.3 Å². The second-order valence-electron chi connectivity index (χ2n) is 6.89. The van der Waals surface area contributed by atoms with Crippen molar-refractivity contribution in [2.24, 2.45) is 0 Å². The van der Waals surface area contributed by atoms with E-state index in [1.165, 1.54) is 19.2 Å². The molecule has 3 aromatic carbocycles. The fourth-order valence-electron chi connectivity index (χ4n) is 3.15. The summed E-state index contributed by atoms with van der Waals surface area (Å²) in [6, 6.07) is 15.8. The molecule has 1 aliphatic rings. The molecule has 9 heteroatoms. The topological polar surface area (TPSA) is 55.8 Å². The van der Waals surface area contributed by atoms with Gasteiger partial charge in [-0.3, -0.25) is 9.59 Å². The summed E-state index contributed by atoms with van der Waals surface area (Å²) in [5.74, 6) is -0.159. The van der Waals surface area contributed by atoms with E-state index >= 15 is 0 Å². The minimum absolute atomic E-state index is 0.113. The molecule has 0 N–H and O–H groups in total. The predicted octanol–water partition coefficient (Wildman–Crippen LogP) is 6.96. The molecule has 0 aromatic heterocycles. The summed E-state index contributed by atoms with van der Waals surface area (Å²) in [4.78, 5) is 26.7. The molecule has 1 aliphatic heterocycles. The molecule has 5 nitrogen and oxygen atoms in total. The lowest BCUT2D eigenvalue weighted by atomic mass is 10.1. The monoisotopic (exact) mass is 503 g/mol. The number of hydrogen-bond donors (Lipinski definition) is 0. The van der Waals surface area contributed by atoms with E-state index in [2.05, 4.69) is 0 Å². The van der Waals surface area contributed by atoms with Gasteiger partial charge >= 0.3 is 0 Å². The van der Waals surface area contributed by atoms with Gasteiger partial charge in [-0.05, 0) is 71.9 Å². The highest BCUT2D eigenvalue weighted by Crippen LogP contribution is 2.37. The molecule has 0 saturated carbocycles. The van der Waals surface area contributed by atoms with Crippen molar-refractivity contribution >= 4 is 57.9 Å². The standard InChI is InChI=1S/C24H16Cl2FNO4S/c1-31-20-10-5-14(11-21(20)32-13-17-18(26)3-2-4-19(17)27)12-22-23(29)28(24(30)33-22)16-8-6-15(25)7-9-16/h2-12H,13H2,1H3/b22-12-. The van der Waals surface area contributed by atoms with Crippen molar-refractivity contribution < 1.29 is 23.5 Å². The number of rotatable bonds is 6. The van der Waals surface area contributed by atoms with Crippen LogP contribution < -0.4 is 14.4 Å². The first-order valence-electron chi connectivity index (χ1n) is 9.64. The van der Waals surface area contributed by atoms with Gasteiger partial charge in [-0.15, -0.1) is 0 Å². The summed E-state index contributed by atoms with van der Waals surface area (Å²) in [7, 11) is 1.48. The van der Waals surface area contributed by atoms with Gasteiger partial charge in [0.05, 0.1) is 22.7 Å². The molecule has 2 amide bonds. The van der Waals surface area contributed by atoms with Crippen LogP contribution in [0.25, 0.3) is 6.08 Å². The maximum atomic E-state index is 14.1. The van der Waals surface area contributed by atoms with E-state index in [0.29, 0.717) is 27.8 Å². The lowest BCUT2D eigenvalue weighted by molar-refractivity contribution is -0.113. The number of nitrogens with zero attached hydrogens (tertiary/aromatic N) is 1. The molecule has 0 radical (unpaired) electrons. The Labute approximate surface area is 203 Å². The summed E-state index contributed by atoms with van der Waals surface area (Å²) in [5.41, 5.74) is 1.26. The lowest BCUT2D eigenvalue weighted by Gasteiger charge is -2.13. The van der Waals surface area contributed by atoms with Crippen molar-refractivity contribution in [2.75, 3.05) is 12.0 Å². The van der Waals surface area contributed by atoms with E-state index in [9.17, 15) is 14.0 Å². The normalized spacial score (nSPS) is 14.8. The summed E-state index contributed by atoms with van der Waals surface area (Å²) >= 11 is 12.8. The molecule has 0 atom stereocenters. The molecule has 0 bridgehead atoms. The van der Waals surface area contributed by atoms with Crippen LogP contribution in [0.15, 0.2) is 65.6 Å². The predicted molar refractivity (Wildman–Crippen MR) is 129 cm³/mol. The highest BCUT2D eigenvalue weighted by molar-refractivity contribution is 8.19. The number of halogens is 3. The molecule has 168 valence electrons. The minimum atomic E-state index is -0.478. The van der Waals surface area contributed by atoms with E-state index in [4.69, 9.17) is 32.7 Å². The summed E-state index contributed by atoms with van der Waals surface area (Å²) < 4.78 is 25.2. The third-order valence-corrected chi connectivity index (χ3v) is 6.27. The quantitative estimate of drug-likeness (QED) is 0.340. The Morgan fingerprint density at radius 1 is 1.03 bits per heavy atom. The van der Waals surface area contributed by atoms with Crippen LogP contribution >= 0.6 is 35.0 Å². The van der Waals surface area contributed by atoms with Crippen molar-refractivity contribution in [3.63, 3.8) is 0 Å². The Morgan fingerprint density at radius 2 is 1.79 bits per heavy atom. The van der Waals surface area contributed by atoms with Crippen LogP contribution in [0.1, 0.15) is 11.1 Å². The second-order valence-corrected chi connectivity index (χ2v) is 8.73. The number of imide groups is 1. The molecule has 0 aliphatic carbocycles. The highest BCUT2D eigenvalue weighted by Gasteiger charge is 2.36. The first-order chi connectivity index (χ1) is 15.9. The number of carbonyl (C=O) groups excluding carboxylic acids is 2. The molecule has 33 heavy (non-hydrogen) atoms. The van der Waals surface area contributed by atoms with Gasteiger partial charge < -0.3 is 9.47 Å². The van der Waals surface area contributed by atoms with Gasteiger partial charge in [0, 0.05) is 10.6 Å². The lowest BCUT2D eigenvalue weighted by Crippen LogP contribution is -2.27. The van der Waals surface area contributed by atoms with Gasteiger partial charge in [0.25, 0.3) is 11.1 Å². The van der Waals surface area contributed by atoms with Gasteiger partial charge in [-0.25, -0.2) is 9.29 Å². The molecule has 1 saturated heterocycles. The number of thioether (sulfide) groups is 1. The molecule has 0 unspecified atom stereocenters. The van der Waals surface area contributed by atoms with Crippen LogP contribution in [0.3, 0.4) is 0 Å². The number of methoxy groups -OCH3 is 1. The van der Waals surface area contributed by atoms with Crippen LogP contribution in [0.2, 0.25) is 10.0 Å². The smallest absolute Gasteiger partial charge is 0.298 e. The average molecular weight is 504 g/mol. The van der Waals surface area contributed by atoms with Gasteiger partial charge in [0.2, 0.25) is 0 Å². The summed E-state index contributed by atoms with van der Waals surface area (Å²) in [6.45, 7) is -0.113. The third-order valence-electron chi connectivity index (χ3n) is 4.80. The Kier molecular flexibility index (Phi) is 6.93. The van der Waals surface area contributed by atoms with Crippen LogP contribution in [0.5, 0.6) is 11.5 Å². The molecule has 0 spiro atoms. The fraction of sp³-hybridized carbons (Fsp3) is 0.0833. The van der Waals surface area contributed by atoms with Crippen LogP contribution in [0.4, 0.5) is 14.9 Å². The molecule has 1 fully saturated rings. The van der Waals surface area contributed by atoms with E-state index < -0.39 is 17.0 Å². The first kappa shape index (κ1) is 23.2. The van der Waals surface area contributed by atoms with Crippen molar-refractivity contribution in [1.29, 1.82) is 0 Å². The number of ether oxygens (including phenoxy) is 2. The maximum Gasteiger partial charge on any atom is 0.298 e. The molecule has 1 heterocycles. The molecular formula is C24H16Cl2FNO4S. The third kappa shape index (κ3) is 5.00. The zero-order valence-electron chi connectivity index (χ0n) is 17.2. The molecule has 3 aromatic rings. The first-order valence-corrected chi connectivity index (χ1v) is 11.2. The SMILES string of the molecule is COc1ccc(/C=C2\SC(=O)N(c3ccc(Cl)cc3)C2=O)cc1OCc1c(F)cccc1Cl. The summed E-state index contributed by atoms with van der Waals surface area (Å²) in [6.07, 6.45) is 1.59. The number of amides is 2. The Hall–Kier alpha value is -3.00.